The van der Waals surface area contributed by atoms with Crippen LogP contribution in [0.15, 0.2) is 42.5 Å². The zero-order valence-electron chi connectivity index (χ0n) is 10.7. The van der Waals surface area contributed by atoms with Crippen LogP contribution in [0.5, 0.6) is 0 Å². The van der Waals surface area contributed by atoms with Crippen LogP contribution in [-0.2, 0) is 0 Å². The van der Waals surface area contributed by atoms with E-state index in [2.05, 4.69) is 0 Å². The number of aromatic carboxylic acids is 1. The van der Waals surface area contributed by atoms with E-state index in [0.717, 1.165) is 11.4 Å². The number of carbonyl (C=O) groups is 1. The summed E-state index contributed by atoms with van der Waals surface area (Å²) in [6, 6.07) is 13.5. The van der Waals surface area contributed by atoms with Crippen LogP contribution < -0.4 is 4.90 Å². The second kappa shape index (κ2) is 5.64. The Kier molecular flexibility index (Phi) is 3.92. The molecule has 0 spiro atoms. The quantitative estimate of drug-likeness (QED) is 0.935. The van der Waals surface area contributed by atoms with Gasteiger partial charge in [-0.1, -0.05) is 11.6 Å². The summed E-state index contributed by atoms with van der Waals surface area (Å²) < 4.78 is 0. The lowest BCUT2D eigenvalue weighted by Gasteiger charge is -2.21. The maximum Gasteiger partial charge on any atom is 0.335 e. The molecule has 0 heterocycles. The predicted molar refractivity (Wildman–Crippen MR) is 77.6 cm³/mol. The molecule has 0 aromatic heterocycles. The van der Waals surface area contributed by atoms with Crippen molar-refractivity contribution in [2.45, 2.75) is 0 Å². The Balaban J connectivity index is 2.33. The van der Waals surface area contributed by atoms with Gasteiger partial charge >= 0.3 is 5.97 Å². The van der Waals surface area contributed by atoms with Gasteiger partial charge in [-0.15, -0.1) is 0 Å². The molecule has 0 saturated carbocycles. The minimum atomic E-state index is -0.962. The number of nitriles is 1. The van der Waals surface area contributed by atoms with Crippen molar-refractivity contribution < 1.29 is 9.90 Å². The minimum Gasteiger partial charge on any atom is -0.478 e. The van der Waals surface area contributed by atoms with Crippen molar-refractivity contribution in [1.29, 1.82) is 5.26 Å². The minimum absolute atomic E-state index is 0.230. The summed E-state index contributed by atoms with van der Waals surface area (Å²) in [4.78, 5) is 12.6. The fourth-order valence-electron chi connectivity index (χ4n) is 1.82. The van der Waals surface area contributed by atoms with Gasteiger partial charge in [0.2, 0.25) is 0 Å². The van der Waals surface area contributed by atoms with E-state index < -0.39 is 5.97 Å². The monoisotopic (exact) mass is 286 g/mol. The molecule has 0 radical (unpaired) electrons. The first-order valence-electron chi connectivity index (χ1n) is 5.79. The van der Waals surface area contributed by atoms with Crippen molar-refractivity contribution >= 4 is 28.9 Å². The van der Waals surface area contributed by atoms with E-state index in [1.54, 1.807) is 30.3 Å². The van der Waals surface area contributed by atoms with Crippen LogP contribution in [0, 0.1) is 11.3 Å². The zero-order chi connectivity index (χ0) is 14.7. The Labute approximate surface area is 121 Å². The lowest BCUT2D eigenvalue weighted by Crippen LogP contribution is -2.10. The standard InChI is InChI=1S/C15H11ClN2O2/c1-18(12-5-3-11(4-6-12)15(19)20)14-7-2-10(9-17)8-13(14)16/h2-8H,1H3,(H,19,20). The van der Waals surface area contributed by atoms with Gasteiger partial charge in [0.25, 0.3) is 0 Å². The summed E-state index contributed by atoms with van der Waals surface area (Å²) in [5, 5.41) is 18.1. The van der Waals surface area contributed by atoms with Crippen LogP contribution in [-0.4, -0.2) is 18.1 Å². The molecule has 0 aliphatic heterocycles. The highest BCUT2D eigenvalue weighted by Crippen LogP contribution is 2.31. The molecule has 0 atom stereocenters. The Morgan fingerprint density at radius 1 is 1.25 bits per heavy atom. The Morgan fingerprint density at radius 2 is 1.90 bits per heavy atom. The first-order chi connectivity index (χ1) is 9.52. The molecule has 0 bridgehead atoms. The lowest BCUT2D eigenvalue weighted by atomic mass is 10.1. The van der Waals surface area contributed by atoms with E-state index in [1.165, 1.54) is 12.1 Å². The molecule has 2 aromatic carbocycles. The summed E-state index contributed by atoms with van der Waals surface area (Å²) in [7, 11) is 1.82. The van der Waals surface area contributed by atoms with Crippen molar-refractivity contribution in [1.82, 2.24) is 0 Å². The molecular weight excluding hydrogens is 276 g/mol. The predicted octanol–water partition coefficient (Wildman–Crippen LogP) is 3.68. The highest BCUT2D eigenvalue weighted by Gasteiger charge is 2.10. The van der Waals surface area contributed by atoms with Crippen LogP contribution in [0.25, 0.3) is 0 Å². The number of hydrogen-bond donors (Lipinski definition) is 1. The topological polar surface area (TPSA) is 64.3 Å². The Hall–Kier alpha value is -2.51. The number of nitrogens with zero attached hydrogens (tertiary/aromatic N) is 2. The average Bonchev–Trinajstić information content (AvgIpc) is 2.46. The molecular formula is C15H11ClN2O2. The van der Waals surface area contributed by atoms with Gasteiger partial charge in [0.15, 0.2) is 0 Å². The number of carboxylic acids is 1. The van der Waals surface area contributed by atoms with Crippen molar-refractivity contribution in [2.75, 3.05) is 11.9 Å². The molecule has 0 aliphatic rings. The van der Waals surface area contributed by atoms with Crippen molar-refractivity contribution in [2.24, 2.45) is 0 Å². The fourth-order valence-corrected chi connectivity index (χ4v) is 2.12. The number of carboxylic acid groups (broad SMARTS) is 1. The van der Waals surface area contributed by atoms with Crippen LogP contribution in [0.4, 0.5) is 11.4 Å². The van der Waals surface area contributed by atoms with Gasteiger partial charge in [-0.25, -0.2) is 4.79 Å². The normalized spacial score (nSPS) is 9.85. The van der Waals surface area contributed by atoms with Gasteiger partial charge in [-0.3, -0.25) is 0 Å². The summed E-state index contributed by atoms with van der Waals surface area (Å²) in [6.07, 6.45) is 0. The Morgan fingerprint density at radius 3 is 2.40 bits per heavy atom. The third kappa shape index (κ3) is 2.73. The molecule has 2 aromatic rings. The van der Waals surface area contributed by atoms with Crippen molar-refractivity contribution in [3.05, 3.63) is 58.6 Å². The van der Waals surface area contributed by atoms with Crippen LogP contribution in [0.1, 0.15) is 15.9 Å². The molecule has 4 nitrogen and oxygen atoms in total. The van der Waals surface area contributed by atoms with Crippen LogP contribution in [0.2, 0.25) is 5.02 Å². The van der Waals surface area contributed by atoms with Crippen LogP contribution in [0.3, 0.4) is 0 Å². The SMILES string of the molecule is CN(c1ccc(C(=O)O)cc1)c1ccc(C#N)cc1Cl. The highest BCUT2D eigenvalue weighted by molar-refractivity contribution is 6.33. The van der Waals surface area contributed by atoms with Crippen molar-refractivity contribution in [3.63, 3.8) is 0 Å². The molecule has 20 heavy (non-hydrogen) atoms. The summed E-state index contributed by atoms with van der Waals surface area (Å²) >= 11 is 6.15. The van der Waals surface area contributed by atoms with Gasteiger partial charge in [-0.05, 0) is 42.5 Å². The molecule has 100 valence electrons. The van der Waals surface area contributed by atoms with Gasteiger partial charge in [0, 0.05) is 12.7 Å². The largest absolute Gasteiger partial charge is 0.478 e. The molecule has 2 rings (SSSR count). The number of hydrogen-bond acceptors (Lipinski definition) is 3. The summed E-state index contributed by atoms with van der Waals surface area (Å²) in [5.74, 6) is -0.962. The second-order valence-electron chi connectivity index (χ2n) is 4.19. The van der Waals surface area contributed by atoms with E-state index >= 15 is 0 Å². The number of halogens is 1. The Bertz CT molecular complexity index is 690. The van der Waals surface area contributed by atoms with Crippen molar-refractivity contribution in [3.8, 4) is 6.07 Å². The third-order valence-electron chi connectivity index (χ3n) is 2.94. The molecule has 0 amide bonds. The van der Waals surface area contributed by atoms with Gasteiger partial charge in [0.1, 0.15) is 0 Å². The molecule has 5 heteroatoms. The maximum absolute atomic E-state index is 10.8. The van der Waals surface area contributed by atoms with E-state index in [0.29, 0.717) is 10.6 Å². The molecule has 0 saturated heterocycles. The fraction of sp³-hybridized carbons (Fsp3) is 0.0667. The van der Waals surface area contributed by atoms with Gasteiger partial charge in [0.05, 0.1) is 27.9 Å². The van der Waals surface area contributed by atoms with Gasteiger partial charge in [-0.2, -0.15) is 5.26 Å². The zero-order valence-corrected chi connectivity index (χ0v) is 11.4. The van der Waals surface area contributed by atoms with E-state index in [9.17, 15) is 4.79 Å². The molecule has 0 unspecified atom stereocenters. The second-order valence-corrected chi connectivity index (χ2v) is 4.60. The third-order valence-corrected chi connectivity index (χ3v) is 3.24. The lowest BCUT2D eigenvalue weighted by molar-refractivity contribution is 0.0697. The highest BCUT2D eigenvalue weighted by atomic mass is 35.5. The summed E-state index contributed by atoms with van der Waals surface area (Å²) in [6.45, 7) is 0. The van der Waals surface area contributed by atoms with Crippen LogP contribution >= 0.6 is 11.6 Å². The maximum atomic E-state index is 10.8. The van der Waals surface area contributed by atoms with E-state index in [4.69, 9.17) is 22.0 Å². The number of anilines is 2. The number of benzene rings is 2. The smallest absolute Gasteiger partial charge is 0.335 e. The van der Waals surface area contributed by atoms with Gasteiger partial charge < -0.3 is 10.0 Å². The molecule has 0 fully saturated rings. The molecule has 1 N–H and O–H groups in total. The van der Waals surface area contributed by atoms with E-state index in [-0.39, 0.29) is 5.56 Å². The van der Waals surface area contributed by atoms with E-state index in [1.807, 2.05) is 18.0 Å². The molecule has 0 aliphatic carbocycles. The number of rotatable bonds is 3. The first-order valence-corrected chi connectivity index (χ1v) is 6.17. The first kappa shape index (κ1) is 13.9. The summed E-state index contributed by atoms with van der Waals surface area (Å²) in [5.41, 5.74) is 2.27. The average molecular weight is 287 g/mol.